The minimum Gasteiger partial charge on any atom is -0.373 e. The maximum atomic E-state index is 9.98. The number of hydrogen-bond acceptors (Lipinski definition) is 6. The van der Waals surface area contributed by atoms with Crippen LogP contribution in [0.25, 0.3) is 0 Å². The van der Waals surface area contributed by atoms with Crippen molar-refractivity contribution >= 4 is 11.5 Å². The molecule has 3 aromatic rings. The Labute approximate surface area is 182 Å². The number of pyridine rings is 1. The van der Waals surface area contributed by atoms with Gasteiger partial charge < -0.3 is 9.64 Å². The van der Waals surface area contributed by atoms with Gasteiger partial charge in [0.1, 0.15) is 17.1 Å². The molecule has 1 aromatic carbocycles. The molecule has 1 aliphatic heterocycles. The van der Waals surface area contributed by atoms with E-state index in [1.165, 1.54) is 0 Å². The van der Waals surface area contributed by atoms with Crippen LogP contribution in [0.5, 0.6) is 0 Å². The summed E-state index contributed by atoms with van der Waals surface area (Å²) in [4.78, 5) is 16.0. The summed E-state index contributed by atoms with van der Waals surface area (Å²) in [6, 6.07) is 18.8. The van der Waals surface area contributed by atoms with Gasteiger partial charge in [0.2, 0.25) is 0 Å². The molecule has 0 amide bonds. The molecule has 6 heteroatoms. The van der Waals surface area contributed by atoms with Crippen molar-refractivity contribution in [1.82, 2.24) is 15.0 Å². The number of aryl methyl sites for hydroxylation is 2. The van der Waals surface area contributed by atoms with E-state index >= 15 is 0 Å². The van der Waals surface area contributed by atoms with E-state index in [0.717, 1.165) is 53.7 Å². The van der Waals surface area contributed by atoms with Gasteiger partial charge in [0.05, 0.1) is 35.9 Å². The number of nitriles is 1. The van der Waals surface area contributed by atoms with E-state index in [2.05, 4.69) is 39.1 Å². The Kier molecular flexibility index (Phi) is 5.13. The molecule has 31 heavy (non-hydrogen) atoms. The fourth-order valence-electron chi connectivity index (χ4n) is 4.53. The zero-order chi connectivity index (χ0) is 21.3. The van der Waals surface area contributed by atoms with Crippen molar-refractivity contribution in [2.75, 3.05) is 11.4 Å². The minimum atomic E-state index is -0.551. The molecule has 2 aliphatic rings. The van der Waals surface area contributed by atoms with Gasteiger partial charge in [-0.25, -0.2) is 9.97 Å². The summed E-state index contributed by atoms with van der Waals surface area (Å²) in [5, 5.41) is 9.98. The number of hydrogen-bond donors (Lipinski definition) is 0. The van der Waals surface area contributed by atoms with Crippen LogP contribution < -0.4 is 4.90 Å². The Morgan fingerprint density at radius 3 is 2.74 bits per heavy atom. The Hall–Kier alpha value is -3.30. The minimum absolute atomic E-state index is 0.0955. The summed E-state index contributed by atoms with van der Waals surface area (Å²) in [5.74, 6) is 1.66. The average Bonchev–Trinajstić information content (AvgIpc) is 2.78. The normalized spacial score (nSPS) is 22.3. The van der Waals surface area contributed by atoms with E-state index in [4.69, 9.17) is 9.72 Å². The third-order valence-corrected chi connectivity index (χ3v) is 6.26. The van der Waals surface area contributed by atoms with Crippen molar-refractivity contribution in [3.63, 3.8) is 0 Å². The van der Waals surface area contributed by atoms with E-state index in [1.807, 2.05) is 37.3 Å². The molecule has 0 saturated heterocycles. The summed E-state index contributed by atoms with van der Waals surface area (Å²) >= 11 is 0. The molecule has 156 valence electrons. The third kappa shape index (κ3) is 3.77. The molecular weight excluding hydrogens is 386 g/mol. The largest absolute Gasteiger partial charge is 0.373 e. The third-order valence-electron chi connectivity index (χ3n) is 6.26. The molecule has 0 radical (unpaired) electrons. The van der Waals surface area contributed by atoms with Crippen LogP contribution in [0.2, 0.25) is 0 Å². The second-order valence-electron chi connectivity index (χ2n) is 8.40. The van der Waals surface area contributed by atoms with Crippen LogP contribution in [0.4, 0.5) is 11.5 Å². The van der Waals surface area contributed by atoms with Gasteiger partial charge in [0.15, 0.2) is 0 Å². The molecule has 0 spiro atoms. The second kappa shape index (κ2) is 8.09. The Morgan fingerprint density at radius 1 is 1.13 bits per heavy atom. The van der Waals surface area contributed by atoms with E-state index in [1.54, 1.807) is 6.20 Å². The molecule has 2 aromatic heterocycles. The van der Waals surface area contributed by atoms with Gasteiger partial charge >= 0.3 is 0 Å². The Bertz CT molecular complexity index is 1120. The van der Waals surface area contributed by atoms with Gasteiger partial charge in [0, 0.05) is 12.7 Å². The number of anilines is 2. The number of rotatable bonds is 5. The molecule has 1 fully saturated rings. The zero-order valence-corrected chi connectivity index (χ0v) is 17.7. The monoisotopic (exact) mass is 411 g/mol. The van der Waals surface area contributed by atoms with Crippen molar-refractivity contribution in [3.8, 4) is 6.07 Å². The zero-order valence-electron chi connectivity index (χ0n) is 17.7. The highest BCUT2D eigenvalue weighted by molar-refractivity contribution is 5.64. The SMILES string of the molecule is Cc1nccc(N2CCCc3nc(C4(C#N)CC(OCc5ccccc5)C4)ccc32)n1. The summed E-state index contributed by atoms with van der Waals surface area (Å²) in [7, 11) is 0. The van der Waals surface area contributed by atoms with Crippen LogP contribution in [0.3, 0.4) is 0 Å². The summed E-state index contributed by atoms with van der Waals surface area (Å²) < 4.78 is 6.04. The van der Waals surface area contributed by atoms with Crippen LogP contribution in [0.1, 0.15) is 42.0 Å². The van der Waals surface area contributed by atoms with Crippen molar-refractivity contribution in [2.45, 2.75) is 50.7 Å². The van der Waals surface area contributed by atoms with E-state index in [9.17, 15) is 5.26 Å². The van der Waals surface area contributed by atoms with Crippen LogP contribution in [-0.4, -0.2) is 27.6 Å². The van der Waals surface area contributed by atoms with E-state index in [-0.39, 0.29) is 6.10 Å². The second-order valence-corrected chi connectivity index (χ2v) is 8.40. The number of aromatic nitrogens is 3. The van der Waals surface area contributed by atoms with Gasteiger partial charge in [0.25, 0.3) is 0 Å². The van der Waals surface area contributed by atoms with Gasteiger partial charge in [-0.2, -0.15) is 5.26 Å². The first-order chi connectivity index (χ1) is 15.2. The fraction of sp³-hybridized carbons (Fsp3) is 0.360. The lowest BCUT2D eigenvalue weighted by Crippen LogP contribution is -2.45. The van der Waals surface area contributed by atoms with Crippen LogP contribution in [0.15, 0.2) is 54.7 Å². The first-order valence-electron chi connectivity index (χ1n) is 10.8. The van der Waals surface area contributed by atoms with Crippen molar-refractivity contribution in [2.24, 2.45) is 0 Å². The average molecular weight is 412 g/mol. The Morgan fingerprint density at radius 2 is 1.97 bits per heavy atom. The lowest BCUT2D eigenvalue weighted by molar-refractivity contribution is -0.0401. The molecule has 0 unspecified atom stereocenters. The highest BCUT2D eigenvalue weighted by atomic mass is 16.5. The fourth-order valence-corrected chi connectivity index (χ4v) is 4.53. The van der Waals surface area contributed by atoms with Crippen LogP contribution >= 0.6 is 0 Å². The van der Waals surface area contributed by atoms with E-state index < -0.39 is 5.41 Å². The van der Waals surface area contributed by atoms with E-state index in [0.29, 0.717) is 19.4 Å². The van der Waals surface area contributed by atoms with Crippen molar-refractivity contribution < 1.29 is 4.74 Å². The molecule has 5 rings (SSSR count). The molecule has 0 N–H and O–H groups in total. The van der Waals surface area contributed by atoms with Gasteiger partial charge in [-0.3, -0.25) is 4.98 Å². The number of ether oxygens (including phenoxy) is 1. The predicted molar refractivity (Wildman–Crippen MR) is 118 cm³/mol. The lowest BCUT2D eigenvalue weighted by Gasteiger charge is -2.42. The first kappa shape index (κ1) is 19.7. The summed E-state index contributed by atoms with van der Waals surface area (Å²) in [6.45, 7) is 3.39. The lowest BCUT2D eigenvalue weighted by atomic mass is 9.65. The molecule has 3 heterocycles. The molecule has 6 nitrogen and oxygen atoms in total. The van der Waals surface area contributed by atoms with Crippen molar-refractivity contribution in [3.05, 3.63) is 77.5 Å². The topological polar surface area (TPSA) is 74.9 Å². The maximum absolute atomic E-state index is 9.98. The highest BCUT2D eigenvalue weighted by Gasteiger charge is 2.48. The van der Waals surface area contributed by atoms with Gasteiger partial charge in [-0.1, -0.05) is 30.3 Å². The number of benzene rings is 1. The molecule has 1 saturated carbocycles. The molecule has 0 atom stereocenters. The number of fused-ring (bicyclic) bond motifs is 1. The van der Waals surface area contributed by atoms with Gasteiger partial charge in [-0.15, -0.1) is 0 Å². The maximum Gasteiger partial charge on any atom is 0.136 e. The molecule has 1 aliphatic carbocycles. The summed E-state index contributed by atoms with van der Waals surface area (Å²) in [5.41, 5.74) is 3.60. The quantitative estimate of drug-likeness (QED) is 0.619. The Balaban J connectivity index is 1.32. The van der Waals surface area contributed by atoms with Crippen LogP contribution in [0, 0.1) is 18.3 Å². The molecule has 0 bridgehead atoms. The van der Waals surface area contributed by atoms with Gasteiger partial charge in [-0.05, 0) is 56.4 Å². The van der Waals surface area contributed by atoms with Crippen LogP contribution in [-0.2, 0) is 23.2 Å². The highest BCUT2D eigenvalue weighted by Crippen LogP contribution is 2.45. The predicted octanol–water partition coefficient (Wildman–Crippen LogP) is 4.40. The standard InChI is InChI=1S/C25H25N5O/c1-18-27-12-11-24(28-18)30-13-5-8-21-22(30)9-10-23(29-21)25(17-26)14-20(15-25)31-16-19-6-3-2-4-7-19/h2-4,6-7,9-12,20H,5,8,13-16H2,1H3. The smallest absolute Gasteiger partial charge is 0.136 e. The first-order valence-corrected chi connectivity index (χ1v) is 10.8. The van der Waals surface area contributed by atoms with Crippen molar-refractivity contribution in [1.29, 1.82) is 5.26 Å². The molecular formula is C25H25N5O. The summed E-state index contributed by atoms with van der Waals surface area (Å²) in [6.07, 6.45) is 5.20. The number of nitrogens with zero attached hydrogens (tertiary/aromatic N) is 5.